The number of nitrogens with one attached hydrogen (secondary N) is 3. The van der Waals surface area contributed by atoms with Gasteiger partial charge in [-0.25, -0.2) is 0 Å². The van der Waals surface area contributed by atoms with Crippen LogP contribution in [0.1, 0.15) is 66.9 Å². The maximum absolute atomic E-state index is 13.3. The van der Waals surface area contributed by atoms with Gasteiger partial charge >= 0.3 is 0 Å². The van der Waals surface area contributed by atoms with Crippen molar-refractivity contribution >= 4 is 33.8 Å². The summed E-state index contributed by atoms with van der Waals surface area (Å²) in [5.41, 5.74) is 3.83. The average Bonchev–Trinajstić information content (AvgIpc) is 3.04. The maximum Gasteiger partial charge on any atom is 0.258 e. The second-order valence-corrected chi connectivity index (χ2v) is 10.7. The molecule has 2 amide bonds. The fraction of sp³-hybridized carbons (Fsp3) is 0.520. The zero-order valence-corrected chi connectivity index (χ0v) is 20.2. The number of carbonyl (C=O) groups excluding carboxylic acids is 2. The molecule has 6 heteroatoms. The van der Waals surface area contributed by atoms with Crippen molar-refractivity contribution in [2.24, 2.45) is 11.3 Å². The van der Waals surface area contributed by atoms with Gasteiger partial charge in [-0.2, -0.15) is 0 Å². The monoisotopic (exact) mass is 441 g/mol. The largest absolute Gasteiger partial charge is 0.322 e. The van der Waals surface area contributed by atoms with Crippen molar-refractivity contribution in [3.8, 4) is 0 Å². The van der Waals surface area contributed by atoms with Gasteiger partial charge in [-0.1, -0.05) is 39.8 Å². The molecule has 168 valence electrons. The van der Waals surface area contributed by atoms with Gasteiger partial charge in [0, 0.05) is 10.6 Å². The molecule has 0 bridgehead atoms. The second-order valence-electron chi connectivity index (χ2n) is 9.56. The normalized spacial score (nSPS) is 16.0. The third kappa shape index (κ3) is 5.95. The molecular weight excluding hydrogens is 406 g/mol. The Morgan fingerprint density at radius 2 is 1.97 bits per heavy atom. The summed E-state index contributed by atoms with van der Waals surface area (Å²) in [5.74, 6) is 0.319. The highest BCUT2D eigenvalue weighted by Crippen LogP contribution is 2.44. The molecule has 0 spiro atoms. The number of amides is 2. The lowest BCUT2D eigenvalue weighted by Gasteiger charge is -2.33. The number of aryl methyl sites for hydroxylation is 1. The Morgan fingerprint density at radius 1 is 1.19 bits per heavy atom. The first kappa shape index (κ1) is 23.5. The molecule has 0 radical (unpaired) electrons. The van der Waals surface area contributed by atoms with Crippen LogP contribution in [0.25, 0.3) is 0 Å². The summed E-state index contributed by atoms with van der Waals surface area (Å²) in [5, 5.41) is 9.86. The first-order chi connectivity index (χ1) is 14.7. The van der Waals surface area contributed by atoms with Gasteiger partial charge in [0.25, 0.3) is 5.91 Å². The van der Waals surface area contributed by atoms with Crippen LogP contribution >= 0.6 is 11.3 Å². The number of fused-ring (bicyclic) bond motifs is 1. The first-order valence-electron chi connectivity index (χ1n) is 11.2. The van der Waals surface area contributed by atoms with Gasteiger partial charge in [0.2, 0.25) is 5.91 Å². The highest BCUT2D eigenvalue weighted by Gasteiger charge is 2.34. The van der Waals surface area contributed by atoms with Gasteiger partial charge in [0.05, 0.1) is 12.1 Å². The minimum atomic E-state index is -0.144. The number of anilines is 2. The first-order valence-corrected chi connectivity index (χ1v) is 12.0. The fourth-order valence-electron chi connectivity index (χ4n) is 4.12. The summed E-state index contributed by atoms with van der Waals surface area (Å²) < 4.78 is 0. The van der Waals surface area contributed by atoms with E-state index in [1.807, 2.05) is 31.2 Å². The zero-order chi connectivity index (χ0) is 22.6. The third-order valence-electron chi connectivity index (χ3n) is 5.96. The molecule has 0 aliphatic heterocycles. The van der Waals surface area contributed by atoms with E-state index in [9.17, 15) is 9.59 Å². The van der Waals surface area contributed by atoms with E-state index in [0.29, 0.717) is 16.5 Å². The van der Waals surface area contributed by atoms with Crippen LogP contribution in [0.15, 0.2) is 24.3 Å². The Hall–Kier alpha value is -2.18. The second kappa shape index (κ2) is 9.96. The Bertz CT molecular complexity index is 943. The number of rotatable bonds is 7. The Labute approximate surface area is 190 Å². The van der Waals surface area contributed by atoms with Crippen LogP contribution in [0, 0.1) is 18.3 Å². The highest BCUT2D eigenvalue weighted by molar-refractivity contribution is 7.17. The molecule has 1 atom stereocenters. The number of hydrogen-bond donors (Lipinski definition) is 3. The molecule has 1 unspecified atom stereocenters. The van der Waals surface area contributed by atoms with E-state index < -0.39 is 0 Å². The number of hydrogen-bond acceptors (Lipinski definition) is 4. The molecule has 1 aromatic heterocycles. The van der Waals surface area contributed by atoms with Crippen molar-refractivity contribution in [2.75, 3.05) is 23.7 Å². The molecule has 5 nitrogen and oxygen atoms in total. The number of thiophene rings is 1. The summed E-state index contributed by atoms with van der Waals surface area (Å²) in [4.78, 5) is 27.1. The smallest absolute Gasteiger partial charge is 0.258 e. The van der Waals surface area contributed by atoms with E-state index >= 15 is 0 Å². The summed E-state index contributed by atoms with van der Waals surface area (Å²) >= 11 is 1.57. The van der Waals surface area contributed by atoms with Crippen LogP contribution in [-0.4, -0.2) is 24.9 Å². The van der Waals surface area contributed by atoms with Crippen LogP contribution in [0.3, 0.4) is 0 Å². The fourth-order valence-corrected chi connectivity index (χ4v) is 5.46. The zero-order valence-electron chi connectivity index (χ0n) is 19.4. The van der Waals surface area contributed by atoms with E-state index in [1.165, 1.54) is 4.88 Å². The molecule has 0 saturated heterocycles. The topological polar surface area (TPSA) is 70.2 Å². The molecule has 3 rings (SSSR count). The lowest BCUT2D eigenvalue weighted by molar-refractivity contribution is -0.115. The minimum absolute atomic E-state index is 0.107. The number of carbonyl (C=O) groups is 2. The van der Waals surface area contributed by atoms with Gasteiger partial charge in [0.15, 0.2) is 0 Å². The molecule has 1 aromatic carbocycles. The molecule has 31 heavy (non-hydrogen) atoms. The van der Waals surface area contributed by atoms with Crippen molar-refractivity contribution in [2.45, 2.75) is 60.3 Å². The van der Waals surface area contributed by atoms with Crippen LogP contribution in [0.2, 0.25) is 0 Å². The Balaban J connectivity index is 1.88. The molecule has 1 heterocycles. The molecule has 1 aliphatic carbocycles. The van der Waals surface area contributed by atoms with Gasteiger partial charge in [-0.05, 0) is 73.7 Å². The summed E-state index contributed by atoms with van der Waals surface area (Å²) in [6, 6.07) is 7.79. The average molecular weight is 442 g/mol. The van der Waals surface area contributed by atoms with E-state index in [4.69, 9.17) is 0 Å². The predicted octanol–water partition coefficient (Wildman–Crippen LogP) is 5.40. The molecule has 3 N–H and O–H groups in total. The maximum atomic E-state index is 13.3. The Kier molecular flexibility index (Phi) is 7.55. The van der Waals surface area contributed by atoms with E-state index in [-0.39, 0.29) is 23.8 Å². The van der Waals surface area contributed by atoms with E-state index in [0.717, 1.165) is 49.0 Å². The standard InChI is InChI=1S/C25H35N3O2S/c1-6-12-26-15-21(29)28-24-22(23(30)27-18-9-7-8-16(2)13-18)19-11-10-17(25(3,4)5)14-20(19)31-24/h7-9,13,17,26H,6,10-12,14-15H2,1-5H3,(H,27,30)(H,28,29). The lowest BCUT2D eigenvalue weighted by atomic mass is 9.72. The third-order valence-corrected chi connectivity index (χ3v) is 7.13. The van der Waals surface area contributed by atoms with Gasteiger partial charge in [-0.3, -0.25) is 9.59 Å². The summed E-state index contributed by atoms with van der Waals surface area (Å²) in [7, 11) is 0. The minimum Gasteiger partial charge on any atom is -0.322 e. The quantitative estimate of drug-likeness (QED) is 0.504. The van der Waals surface area contributed by atoms with Crippen molar-refractivity contribution in [3.05, 3.63) is 45.8 Å². The lowest BCUT2D eigenvalue weighted by Crippen LogP contribution is -2.29. The highest BCUT2D eigenvalue weighted by atomic mass is 32.1. The van der Waals surface area contributed by atoms with Crippen LogP contribution in [-0.2, 0) is 17.6 Å². The molecule has 0 fully saturated rings. The molecule has 1 aliphatic rings. The Morgan fingerprint density at radius 3 is 2.65 bits per heavy atom. The van der Waals surface area contributed by atoms with Gasteiger partial charge in [0.1, 0.15) is 5.00 Å². The van der Waals surface area contributed by atoms with Crippen molar-refractivity contribution < 1.29 is 9.59 Å². The molecular formula is C25H35N3O2S. The number of benzene rings is 1. The summed E-state index contributed by atoms with van der Waals surface area (Å²) in [6.07, 6.45) is 3.86. The predicted molar refractivity (Wildman–Crippen MR) is 130 cm³/mol. The van der Waals surface area contributed by atoms with Crippen molar-refractivity contribution in [1.82, 2.24) is 5.32 Å². The van der Waals surface area contributed by atoms with E-state index in [2.05, 4.69) is 43.6 Å². The van der Waals surface area contributed by atoms with Crippen LogP contribution in [0.5, 0.6) is 0 Å². The van der Waals surface area contributed by atoms with Gasteiger partial charge < -0.3 is 16.0 Å². The van der Waals surface area contributed by atoms with Gasteiger partial charge in [-0.15, -0.1) is 11.3 Å². The van der Waals surface area contributed by atoms with E-state index in [1.54, 1.807) is 11.3 Å². The molecule has 2 aromatic rings. The van der Waals surface area contributed by atoms with Crippen molar-refractivity contribution in [3.63, 3.8) is 0 Å². The SMILES string of the molecule is CCCNCC(=O)Nc1sc2c(c1C(=O)Nc1cccc(C)c1)CCC(C(C)(C)C)C2. The molecule has 0 saturated carbocycles. The van der Waals surface area contributed by atoms with Crippen LogP contribution in [0.4, 0.5) is 10.7 Å². The van der Waals surface area contributed by atoms with Crippen LogP contribution < -0.4 is 16.0 Å². The summed E-state index contributed by atoms with van der Waals surface area (Å²) in [6.45, 7) is 12.0. The van der Waals surface area contributed by atoms with Crippen molar-refractivity contribution in [1.29, 1.82) is 0 Å².